The van der Waals surface area contributed by atoms with Gasteiger partial charge >= 0.3 is 5.97 Å². The van der Waals surface area contributed by atoms with Gasteiger partial charge in [0.1, 0.15) is 0 Å². The highest BCUT2D eigenvalue weighted by atomic mass is 35.5. The maximum absolute atomic E-state index is 13.2. The molecule has 0 atom stereocenters. The molecule has 3 rings (SSSR count). The molecule has 0 fully saturated rings. The van der Waals surface area contributed by atoms with Crippen molar-refractivity contribution in [3.05, 3.63) is 80.5 Å². The number of methoxy groups -OCH3 is 1. The van der Waals surface area contributed by atoms with Crippen LogP contribution in [0.4, 0.5) is 5.69 Å². The second kappa shape index (κ2) is 7.59. The zero-order valence-electron chi connectivity index (χ0n) is 15.0. The van der Waals surface area contributed by atoms with Gasteiger partial charge in [-0.1, -0.05) is 47.0 Å². The van der Waals surface area contributed by atoms with E-state index < -0.39 is 5.97 Å². The molecule has 0 bridgehead atoms. The lowest BCUT2D eigenvalue weighted by Crippen LogP contribution is -2.24. The van der Waals surface area contributed by atoms with Gasteiger partial charge < -0.3 is 4.74 Å². The van der Waals surface area contributed by atoms with E-state index in [1.165, 1.54) is 18.1 Å². The predicted octanol–water partition coefficient (Wildman–Crippen LogP) is 5.18. The summed E-state index contributed by atoms with van der Waals surface area (Å²) < 4.78 is 4.90. The van der Waals surface area contributed by atoms with E-state index in [0.29, 0.717) is 27.0 Å². The molecule has 0 radical (unpaired) electrons. The first-order valence-electron chi connectivity index (χ1n) is 8.21. The number of halogens is 2. The minimum Gasteiger partial charge on any atom is -0.465 e. The minimum atomic E-state index is -0.593. The first-order valence-corrected chi connectivity index (χ1v) is 8.97. The number of esters is 1. The Labute approximate surface area is 167 Å². The summed E-state index contributed by atoms with van der Waals surface area (Å²) in [6, 6.07) is 12.5. The van der Waals surface area contributed by atoms with E-state index in [1.807, 2.05) is 31.2 Å². The van der Waals surface area contributed by atoms with E-state index in [-0.39, 0.29) is 17.1 Å². The van der Waals surface area contributed by atoms with Gasteiger partial charge in [0.05, 0.1) is 18.3 Å². The molecule has 2 aromatic carbocycles. The van der Waals surface area contributed by atoms with Crippen LogP contribution >= 0.6 is 23.2 Å². The van der Waals surface area contributed by atoms with E-state index in [1.54, 1.807) is 25.1 Å². The van der Waals surface area contributed by atoms with Gasteiger partial charge in [-0.15, -0.1) is 0 Å². The fourth-order valence-corrected chi connectivity index (χ4v) is 3.48. The molecule has 1 aliphatic heterocycles. The molecule has 1 amide bonds. The number of rotatable bonds is 3. The van der Waals surface area contributed by atoms with Crippen LogP contribution in [0.2, 0.25) is 10.0 Å². The number of carbonyl (C=O) groups is 2. The summed E-state index contributed by atoms with van der Waals surface area (Å²) in [6.45, 7) is 3.67. The molecule has 0 spiro atoms. The molecule has 0 N–H and O–H groups in total. The summed E-state index contributed by atoms with van der Waals surface area (Å²) in [6.07, 6.45) is 1.54. The van der Waals surface area contributed by atoms with Crippen LogP contribution in [-0.2, 0) is 14.3 Å². The molecule has 0 saturated carbocycles. The highest BCUT2D eigenvalue weighted by molar-refractivity contribution is 6.37. The van der Waals surface area contributed by atoms with Crippen LogP contribution in [0, 0.1) is 6.92 Å². The van der Waals surface area contributed by atoms with E-state index in [9.17, 15) is 9.59 Å². The molecule has 1 aliphatic rings. The molecule has 4 nitrogen and oxygen atoms in total. The first kappa shape index (κ1) is 19.2. The molecular weight excluding hydrogens is 385 g/mol. The number of nitrogens with zero attached hydrogens (tertiary/aromatic N) is 1. The number of ether oxygens (including phenoxy) is 1. The lowest BCUT2D eigenvalue weighted by molar-refractivity contribution is -0.136. The van der Waals surface area contributed by atoms with Gasteiger partial charge in [0.15, 0.2) is 0 Å². The van der Waals surface area contributed by atoms with Crippen molar-refractivity contribution in [2.24, 2.45) is 0 Å². The lowest BCUT2D eigenvalue weighted by Gasteiger charge is -2.18. The summed E-state index contributed by atoms with van der Waals surface area (Å²) in [5, 5.41) is 0.775. The smallest absolute Gasteiger partial charge is 0.340 e. The Balaban J connectivity index is 2.19. The number of hydrogen-bond donors (Lipinski definition) is 0. The fourth-order valence-electron chi connectivity index (χ4n) is 2.98. The highest BCUT2D eigenvalue weighted by Crippen LogP contribution is 2.37. The number of amides is 1. The van der Waals surface area contributed by atoms with Crippen molar-refractivity contribution in [1.29, 1.82) is 0 Å². The van der Waals surface area contributed by atoms with E-state index in [2.05, 4.69) is 0 Å². The van der Waals surface area contributed by atoms with E-state index in [0.717, 1.165) is 5.56 Å². The monoisotopic (exact) mass is 401 g/mol. The number of benzene rings is 2. The minimum absolute atomic E-state index is 0.190. The summed E-state index contributed by atoms with van der Waals surface area (Å²) in [5.74, 6) is -0.933. The quantitative estimate of drug-likeness (QED) is 0.525. The molecule has 0 saturated heterocycles. The molecule has 0 aromatic heterocycles. The zero-order valence-corrected chi connectivity index (χ0v) is 16.6. The molecule has 2 aromatic rings. The van der Waals surface area contributed by atoms with Crippen LogP contribution < -0.4 is 4.90 Å². The topological polar surface area (TPSA) is 46.6 Å². The Morgan fingerprint density at radius 1 is 1.04 bits per heavy atom. The Kier molecular flexibility index (Phi) is 5.40. The van der Waals surface area contributed by atoms with Gasteiger partial charge in [-0.05, 0) is 44.2 Å². The third kappa shape index (κ3) is 3.51. The van der Waals surface area contributed by atoms with Crippen molar-refractivity contribution in [2.45, 2.75) is 13.8 Å². The molecular formula is C21H17Cl2NO3. The number of aryl methyl sites for hydroxylation is 1. The second-order valence-electron chi connectivity index (χ2n) is 6.12. The normalized spacial score (nSPS) is 15.7. The molecule has 0 unspecified atom stereocenters. The number of hydrogen-bond acceptors (Lipinski definition) is 3. The third-order valence-corrected chi connectivity index (χ3v) is 5.03. The standard InChI is InChI=1S/C21H17Cl2NO3/c1-12-7-9-14(10-8-12)24-13(2)19(21(26)27-3)16(20(24)25)11-15-17(22)5-4-6-18(15)23/h4-11H,1-3H3/b16-11-. The third-order valence-electron chi connectivity index (χ3n) is 4.37. The molecule has 6 heteroatoms. The fraction of sp³-hybridized carbons (Fsp3) is 0.143. The average molecular weight is 402 g/mol. The predicted molar refractivity (Wildman–Crippen MR) is 108 cm³/mol. The van der Waals surface area contributed by atoms with E-state index in [4.69, 9.17) is 27.9 Å². The summed E-state index contributed by atoms with van der Waals surface area (Å²) in [7, 11) is 1.28. The first-order chi connectivity index (χ1) is 12.8. The van der Waals surface area contributed by atoms with Crippen molar-refractivity contribution in [1.82, 2.24) is 0 Å². The highest BCUT2D eigenvalue weighted by Gasteiger charge is 2.38. The average Bonchev–Trinajstić information content (AvgIpc) is 2.88. The summed E-state index contributed by atoms with van der Waals surface area (Å²) >= 11 is 12.5. The van der Waals surface area contributed by atoms with Gasteiger partial charge in [0.25, 0.3) is 5.91 Å². The largest absolute Gasteiger partial charge is 0.465 e. The van der Waals surface area contributed by atoms with Gasteiger partial charge in [0, 0.05) is 27.0 Å². The lowest BCUT2D eigenvalue weighted by atomic mass is 10.0. The Morgan fingerprint density at radius 2 is 1.63 bits per heavy atom. The second-order valence-corrected chi connectivity index (χ2v) is 6.94. The van der Waals surface area contributed by atoms with Crippen molar-refractivity contribution in [2.75, 3.05) is 12.0 Å². The molecule has 27 heavy (non-hydrogen) atoms. The molecule has 0 aliphatic carbocycles. The van der Waals surface area contributed by atoms with E-state index >= 15 is 0 Å². The van der Waals surface area contributed by atoms with Crippen LogP contribution in [0.3, 0.4) is 0 Å². The van der Waals surface area contributed by atoms with Gasteiger partial charge in [-0.25, -0.2) is 4.79 Å². The summed E-state index contributed by atoms with van der Waals surface area (Å²) in [4.78, 5) is 27.1. The van der Waals surface area contributed by atoms with Crippen LogP contribution in [0.1, 0.15) is 18.1 Å². The van der Waals surface area contributed by atoms with Crippen molar-refractivity contribution >= 4 is 46.8 Å². The Morgan fingerprint density at radius 3 is 2.19 bits per heavy atom. The number of carbonyl (C=O) groups excluding carboxylic acids is 2. The van der Waals surface area contributed by atoms with Gasteiger partial charge in [-0.3, -0.25) is 9.69 Å². The van der Waals surface area contributed by atoms with Crippen LogP contribution in [0.5, 0.6) is 0 Å². The zero-order chi connectivity index (χ0) is 19.7. The SMILES string of the molecule is COC(=O)C1=C(C)N(c2ccc(C)cc2)C(=O)/C1=C\c1c(Cl)cccc1Cl. The van der Waals surface area contributed by atoms with Gasteiger partial charge in [0.2, 0.25) is 0 Å². The molecule has 138 valence electrons. The van der Waals surface area contributed by atoms with Crippen molar-refractivity contribution < 1.29 is 14.3 Å². The Hall–Kier alpha value is -2.56. The Bertz CT molecular complexity index is 971. The van der Waals surface area contributed by atoms with Crippen molar-refractivity contribution in [3.8, 4) is 0 Å². The van der Waals surface area contributed by atoms with Crippen LogP contribution in [-0.4, -0.2) is 19.0 Å². The molecule has 1 heterocycles. The van der Waals surface area contributed by atoms with Gasteiger partial charge in [-0.2, -0.15) is 0 Å². The van der Waals surface area contributed by atoms with Crippen LogP contribution in [0.15, 0.2) is 59.3 Å². The number of anilines is 1. The maximum atomic E-state index is 13.2. The van der Waals surface area contributed by atoms with Crippen molar-refractivity contribution in [3.63, 3.8) is 0 Å². The van der Waals surface area contributed by atoms with Crippen LogP contribution in [0.25, 0.3) is 6.08 Å². The maximum Gasteiger partial charge on any atom is 0.340 e. The summed E-state index contributed by atoms with van der Waals surface area (Å²) in [5.41, 5.74) is 3.08. The number of allylic oxidation sites excluding steroid dienone is 1.